The molecule has 2 rings (SSSR count). The summed E-state index contributed by atoms with van der Waals surface area (Å²) in [6, 6.07) is 1.67. The predicted octanol–water partition coefficient (Wildman–Crippen LogP) is 0.565. The summed E-state index contributed by atoms with van der Waals surface area (Å²) in [4.78, 5) is 22.5. The molecule has 2 heterocycles. The number of carbonyl (C=O) groups excluding carboxylic acids is 1. The number of hydrogen-bond acceptors (Lipinski definition) is 6. The summed E-state index contributed by atoms with van der Waals surface area (Å²) in [5, 5.41) is 6.56. The highest BCUT2D eigenvalue weighted by Gasteiger charge is 2.27. The lowest BCUT2D eigenvalue weighted by atomic mass is 10.2. The fourth-order valence-corrected chi connectivity index (χ4v) is 2.25. The molecule has 0 spiro atoms. The van der Waals surface area contributed by atoms with E-state index in [1.54, 1.807) is 0 Å². The van der Waals surface area contributed by atoms with Crippen LogP contribution in [0.2, 0.25) is 0 Å². The number of aromatic nitrogens is 2. The quantitative estimate of drug-likeness (QED) is 0.616. The molecule has 0 bridgehead atoms. The van der Waals surface area contributed by atoms with Gasteiger partial charge in [0.05, 0.1) is 0 Å². The van der Waals surface area contributed by atoms with E-state index < -0.39 is 0 Å². The maximum atomic E-state index is 11.7. The van der Waals surface area contributed by atoms with Crippen molar-refractivity contribution >= 4 is 29.3 Å². The van der Waals surface area contributed by atoms with Crippen LogP contribution in [-0.4, -0.2) is 48.3 Å². The lowest BCUT2D eigenvalue weighted by molar-refractivity contribution is -0.122. The molecule has 1 aliphatic rings. The van der Waals surface area contributed by atoms with E-state index in [0.29, 0.717) is 11.7 Å². The maximum absolute atomic E-state index is 11.7. The Morgan fingerprint density at radius 1 is 1.56 bits per heavy atom. The van der Waals surface area contributed by atoms with Crippen molar-refractivity contribution < 1.29 is 4.79 Å². The van der Waals surface area contributed by atoms with E-state index in [1.165, 1.54) is 11.8 Å². The fourth-order valence-electron chi connectivity index (χ4n) is 1.87. The number of thioether (sulfide) groups is 1. The lowest BCUT2D eigenvalue weighted by Crippen LogP contribution is -2.54. The molecule has 7 heteroatoms. The van der Waals surface area contributed by atoms with Crippen molar-refractivity contribution in [3.8, 4) is 0 Å². The van der Waals surface area contributed by atoms with Crippen molar-refractivity contribution in [1.82, 2.24) is 15.3 Å². The molecule has 0 aromatic carbocycles. The van der Waals surface area contributed by atoms with Crippen LogP contribution in [0.3, 0.4) is 0 Å². The fraction of sp³-hybridized carbons (Fsp3) is 0.545. The molecular weight excluding hydrogens is 250 g/mol. The van der Waals surface area contributed by atoms with Crippen LogP contribution in [0.25, 0.3) is 0 Å². The molecule has 1 atom stereocenters. The molecule has 1 saturated heterocycles. The molecule has 1 fully saturated rings. The van der Waals surface area contributed by atoms with Crippen LogP contribution < -0.4 is 15.5 Å². The Morgan fingerprint density at radius 2 is 2.33 bits per heavy atom. The van der Waals surface area contributed by atoms with Gasteiger partial charge in [-0.25, -0.2) is 9.97 Å². The van der Waals surface area contributed by atoms with E-state index in [4.69, 9.17) is 0 Å². The molecule has 0 aliphatic carbocycles. The van der Waals surface area contributed by atoms with Crippen molar-refractivity contribution in [2.24, 2.45) is 0 Å². The van der Waals surface area contributed by atoms with Crippen LogP contribution in [0.5, 0.6) is 0 Å². The number of anilines is 2. The first kappa shape index (κ1) is 12.9. The molecule has 18 heavy (non-hydrogen) atoms. The van der Waals surface area contributed by atoms with Crippen LogP contribution in [0.15, 0.2) is 11.2 Å². The Bertz CT molecular complexity index is 431. The number of nitrogens with one attached hydrogen (secondary N) is 2. The topological polar surface area (TPSA) is 70.2 Å². The summed E-state index contributed by atoms with van der Waals surface area (Å²) < 4.78 is 0. The van der Waals surface area contributed by atoms with Crippen LogP contribution in [0.1, 0.15) is 6.92 Å². The summed E-state index contributed by atoms with van der Waals surface area (Å²) in [6.45, 7) is 3.30. The molecule has 2 N–H and O–H groups in total. The summed E-state index contributed by atoms with van der Waals surface area (Å²) in [6.07, 6.45) is 1.94. The third-order valence-corrected chi connectivity index (χ3v) is 3.47. The van der Waals surface area contributed by atoms with Gasteiger partial charge in [0.25, 0.3) is 0 Å². The second-order valence-electron chi connectivity index (χ2n) is 4.01. The Balaban J connectivity index is 2.34. The van der Waals surface area contributed by atoms with Gasteiger partial charge in [-0.15, -0.1) is 0 Å². The minimum atomic E-state index is -0.201. The van der Waals surface area contributed by atoms with Crippen LogP contribution >= 0.6 is 11.8 Å². The largest absolute Gasteiger partial charge is 0.373 e. The van der Waals surface area contributed by atoms with Gasteiger partial charge >= 0.3 is 0 Å². The zero-order valence-electron chi connectivity index (χ0n) is 10.7. The maximum Gasteiger partial charge on any atom is 0.242 e. The highest BCUT2D eigenvalue weighted by atomic mass is 32.2. The minimum absolute atomic E-state index is 0.0385. The van der Waals surface area contributed by atoms with Crippen molar-refractivity contribution in [3.05, 3.63) is 6.07 Å². The van der Waals surface area contributed by atoms with E-state index in [0.717, 1.165) is 18.2 Å². The summed E-state index contributed by atoms with van der Waals surface area (Å²) in [5.41, 5.74) is 0. The van der Waals surface area contributed by atoms with Gasteiger partial charge in [-0.2, -0.15) is 0 Å². The molecule has 1 amide bonds. The molecular formula is C11H17N5OS. The van der Waals surface area contributed by atoms with Gasteiger partial charge in [0.15, 0.2) is 5.16 Å². The van der Waals surface area contributed by atoms with E-state index in [9.17, 15) is 4.79 Å². The molecule has 6 nitrogen and oxygen atoms in total. The Kier molecular flexibility index (Phi) is 3.90. The highest BCUT2D eigenvalue weighted by molar-refractivity contribution is 7.98. The van der Waals surface area contributed by atoms with Gasteiger partial charge in [-0.05, 0) is 13.2 Å². The molecule has 1 unspecified atom stereocenters. The summed E-state index contributed by atoms with van der Waals surface area (Å²) in [7, 11) is 1.82. The number of piperazine rings is 1. The van der Waals surface area contributed by atoms with Gasteiger partial charge in [-0.1, -0.05) is 11.8 Å². The monoisotopic (exact) mass is 267 g/mol. The third kappa shape index (κ3) is 2.50. The van der Waals surface area contributed by atoms with Gasteiger partial charge in [0.1, 0.15) is 17.7 Å². The van der Waals surface area contributed by atoms with Crippen molar-refractivity contribution in [1.29, 1.82) is 0 Å². The molecule has 1 aromatic rings. The van der Waals surface area contributed by atoms with Crippen LogP contribution in [0, 0.1) is 0 Å². The molecule has 98 valence electrons. The average molecular weight is 267 g/mol. The van der Waals surface area contributed by atoms with E-state index >= 15 is 0 Å². The zero-order chi connectivity index (χ0) is 13.1. The van der Waals surface area contributed by atoms with Gasteiger partial charge in [0, 0.05) is 26.2 Å². The van der Waals surface area contributed by atoms with Gasteiger partial charge in [0.2, 0.25) is 5.91 Å². The van der Waals surface area contributed by atoms with E-state index in [-0.39, 0.29) is 11.9 Å². The number of amides is 1. The standard InChI is InChI=1S/C11H17N5OS/c1-7-10(17)13-4-5-16(7)9-6-8(12-2)14-11(15-9)18-3/h6-7H,4-5H2,1-3H3,(H,13,17)(H,12,14,15). The number of hydrogen-bond donors (Lipinski definition) is 2. The van der Waals surface area contributed by atoms with Crippen molar-refractivity contribution in [2.45, 2.75) is 18.1 Å². The number of rotatable bonds is 3. The average Bonchev–Trinajstić information content (AvgIpc) is 2.41. The van der Waals surface area contributed by atoms with Gasteiger partial charge < -0.3 is 15.5 Å². The minimum Gasteiger partial charge on any atom is -0.373 e. The summed E-state index contributed by atoms with van der Waals surface area (Å²) >= 11 is 1.49. The molecule has 1 aromatic heterocycles. The second kappa shape index (κ2) is 5.43. The van der Waals surface area contributed by atoms with Crippen molar-refractivity contribution in [2.75, 3.05) is 36.6 Å². The van der Waals surface area contributed by atoms with Crippen LogP contribution in [0.4, 0.5) is 11.6 Å². The lowest BCUT2D eigenvalue weighted by Gasteiger charge is -2.33. The first-order valence-corrected chi connectivity index (χ1v) is 7.03. The van der Waals surface area contributed by atoms with E-state index in [2.05, 4.69) is 20.6 Å². The summed E-state index contributed by atoms with van der Waals surface area (Å²) in [5.74, 6) is 1.60. The van der Waals surface area contributed by atoms with Gasteiger partial charge in [-0.3, -0.25) is 4.79 Å². The zero-order valence-corrected chi connectivity index (χ0v) is 11.5. The highest BCUT2D eigenvalue weighted by Crippen LogP contribution is 2.22. The number of nitrogens with zero attached hydrogens (tertiary/aromatic N) is 3. The normalized spacial score (nSPS) is 19.6. The third-order valence-electron chi connectivity index (χ3n) is 2.92. The Morgan fingerprint density at radius 3 is 3.00 bits per heavy atom. The molecule has 0 saturated carbocycles. The van der Waals surface area contributed by atoms with Crippen LogP contribution in [-0.2, 0) is 4.79 Å². The smallest absolute Gasteiger partial charge is 0.242 e. The molecule has 1 aliphatic heterocycles. The Labute approximate surface area is 111 Å². The predicted molar refractivity (Wildman–Crippen MR) is 73.2 cm³/mol. The number of carbonyl (C=O) groups is 1. The van der Waals surface area contributed by atoms with Crippen molar-refractivity contribution in [3.63, 3.8) is 0 Å². The first-order chi connectivity index (χ1) is 8.65. The van der Waals surface area contributed by atoms with E-state index in [1.807, 2.05) is 31.2 Å². The first-order valence-electron chi connectivity index (χ1n) is 5.81. The molecule has 0 radical (unpaired) electrons. The second-order valence-corrected chi connectivity index (χ2v) is 4.78. The Hall–Kier alpha value is -1.50. The SMILES string of the molecule is CNc1cc(N2CCNC(=O)C2C)nc(SC)n1.